The van der Waals surface area contributed by atoms with E-state index in [1.54, 1.807) is 13.8 Å². The van der Waals surface area contributed by atoms with Gasteiger partial charge in [0.25, 0.3) is 16.0 Å². The molecule has 0 aromatic carbocycles. The molecule has 2 aromatic heterocycles. The summed E-state index contributed by atoms with van der Waals surface area (Å²) < 4.78 is 26.2. The highest BCUT2D eigenvalue weighted by molar-refractivity contribution is 7.94. The van der Waals surface area contributed by atoms with Crippen LogP contribution in [0.15, 0.2) is 9.00 Å². The molecule has 2 heterocycles. The van der Waals surface area contributed by atoms with Gasteiger partial charge in [0.2, 0.25) is 0 Å². The van der Waals surface area contributed by atoms with Crippen LogP contribution in [0, 0.1) is 20.8 Å². The lowest BCUT2D eigenvalue weighted by atomic mass is 10.4. The van der Waals surface area contributed by atoms with Crippen LogP contribution in [0.1, 0.15) is 17.1 Å². The minimum Gasteiger partial charge on any atom is -0.315 e. The van der Waals surface area contributed by atoms with Crippen molar-refractivity contribution in [1.82, 2.24) is 20.2 Å². The van der Waals surface area contributed by atoms with E-state index >= 15 is 0 Å². The molecule has 19 heavy (non-hydrogen) atoms. The van der Waals surface area contributed by atoms with Gasteiger partial charge in [-0.3, -0.25) is 4.79 Å². The van der Waals surface area contributed by atoms with Crippen molar-refractivity contribution in [3.63, 3.8) is 0 Å². The number of aryl methyl sites for hydroxylation is 3. The molecule has 0 spiro atoms. The summed E-state index contributed by atoms with van der Waals surface area (Å²) in [6.07, 6.45) is 0. The minimum absolute atomic E-state index is 0.0840. The van der Waals surface area contributed by atoms with E-state index in [1.165, 1.54) is 6.92 Å². The van der Waals surface area contributed by atoms with Gasteiger partial charge in [-0.15, -0.1) is 5.10 Å². The Hall–Kier alpha value is -1.81. The quantitative estimate of drug-likeness (QED) is 0.844. The third-order valence-corrected chi connectivity index (χ3v) is 5.28. The van der Waals surface area contributed by atoms with Crippen molar-refractivity contribution in [2.24, 2.45) is 0 Å². The number of aromatic nitrogens is 4. The van der Waals surface area contributed by atoms with Crippen LogP contribution in [0.4, 0.5) is 5.95 Å². The summed E-state index contributed by atoms with van der Waals surface area (Å²) in [7, 11) is -3.88. The number of thiazole rings is 1. The Morgan fingerprint density at radius 1 is 1.16 bits per heavy atom. The maximum Gasteiger partial charge on any atom is 0.306 e. The average Bonchev–Trinajstić information content (AvgIpc) is 2.63. The molecule has 0 fully saturated rings. The zero-order valence-corrected chi connectivity index (χ0v) is 12.0. The molecule has 0 aliphatic rings. The molecule has 2 rings (SSSR count). The molecule has 0 saturated carbocycles. The second kappa shape index (κ2) is 4.70. The van der Waals surface area contributed by atoms with Crippen LogP contribution in [0.5, 0.6) is 0 Å². The monoisotopic (exact) mass is 301 g/mol. The molecule has 0 unspecified atom stereocenters. The Morgan fingerprint density at radius 2 is 1.84 bits per heavy atom. The van der Waals surface area contributed by atoms with E-state index in [9.17, 15) is 13.2 Å². The van der Waals surface area contributed by atoms with Gasteiger partial charge >= 0.3 is 4.87 Å². The summed E-state index contributed by atoms with van der Waals surface area (Å²) in [5, 5.41) is 7.43. The maximum atomic E-state index is 12.1. The molecule has 0 aliphatic carbocycles. The molecule has 102 valence electrons. The molecule has 0 amide bonds. The Kier molecular flexibility index (Phi) is 3.37. The Balaban J connectivity index is 2.39. The van der Waals surface area contributed by atoms with Gasteiger partial charge in [-0.25, -0.2) is 18.1 Å². The lowest BCUT2D eigenvalue weighted by Gasteiger charge is -2.05. The van der Waals surface area contributed by atoms with Gasteiger partial charge in [-0.2, -0.15) is 5.10 Å². The lowest BCUT2D eigenvalue weighted by Crippen LogP contribution is -2.16. The molecule has 0 atom stereocenters. The van der Waals surface area contributed by atoms with E-state index in [0.717, 1.165) is 0 Å². The van der Waals surface area contributed by atoms with Gasteiger partial charge in [0.05, 0.1) is 11.4 Å². The average molecular weight is 301 g/mol. The first-order chi connectivity index (χ1) is 8.79. The number of sulfonamides is 1. The summed E-state index contributed by atoms with van der Waals surface area (Å²) >= 11 is 0.610. The van der Waals surface area contributed by atoms with E-state index in [0.29, 0.717) is 22.7 Å². The summed E-state index contributed by atoms with van der Waals surface area (Å²) in [6.45, 7) is 4.92. The highest BCUT2D eigenvalue weighted by Crippen LogP contribution is 2.18. The first kappa shape index (κ1) is 13.6. The number of rotatable bonds is 3. The summed E-state index contributed by atoms with van der Waals surface area (Å²) in [5.74, 6) is -0.122. The minimum atomic E-state index is -3.88. The summed E-state index contributed by atoms with van der Waals surface area (Å²) in [4.78, 5) is 17.1. The van der Waals surface area contributed by atoms with Crippen LogP contribution >= 0.6 is 11.3 Å². The number of anilines is 1. The molecule has 0 saturated heterocycles. The number of hydrogen-bond acceptors (Lipinski definition) is 7. The zero-order chi connectivity index (χ0) is 14.2. The van der Waals surface area contributed by atoms with Gasteiger partial charge in [0.1, 0.15) is 0 Å². The van der Waals surface area contributed by atoms with Crippen molar-refractivity contribution in [2.45, 2.75) is 25.0 Å². The van der Waals surface area contributed by atoms with E-state index in [-0.39, 0.29) is 15.9 Å². The number of H-pyrrole nitrogens is 1. The normalized spacial score (nSPS) is 11.5. The molecular weight excluding hydrogens is 290 g/mol. The third kappa shape index (κ3) is 2.79. The van der Waals surface area contributed by atoms with Crippen LogP contribution in [0.2, 0.25) is 0 Å². The standard InChI is InChI=1S/C9H11N5O3S2/c1-4-5(2)12-13-8(10-4)14-19(16,17)7-6(3)11-9(15)18-7/h1-3H3,(H,11,15)(H,10,13,14). The number of aromatic amines is 1. The predicted molar refractivity (Wildman–Crippen MR) is 69.8 cm³/mol. The van der Waals surface area contributed by atoms with E-state index < -0.39 is 14.9 Å². The van der Waals surface area contributed by atoms with Gasteiger partial charge in [-0.1, -0.05) is 11.3 Å². The van der Waals surface area contributed by atoms with Crippen LogP contribution in [-0.2, 0) is 10.0 Å². The maximum absolute atomic E-state index is 12.1. The molecule has 2 N–H and O–H groups in total. The first-order valence-electron chi connectivity index (χ1n) is 5.20. The van der Waals surface area contributed by atoms with E-state index in [4.69, 9.17) is 0 Å². The van der Waals surface area contributed by atoms with Crippen molar-refractivity contribution in [3.8, 4) is 0 Å². The lowest BCUT2D eigenvalue weighted by molar-refractivity contribution is 0.601. The van der Waals surface area contributed by atoms with Gasteiger partial charge < -0.3 is 4.98 Å². The van der Waals surface area contributed by atoms with Crippen molar-refractivity contribution in [3.05, 3.63) is 26.7 Å². The van der Waals surface area contributed by atoms with Crippen LogP contribution in [0.3, 0.4) is 0 Å². The second-order valence-corrected chi connectivity index (χ2v) is 6.70. The van der Waals surface area contributed by atoms with Crippen molar-refractivity contribution < 1.29 is 8.42 Å². The highest BCUT2D eigenvalue weighted by Gasteiger charge is 2.22. The van der Waals surface area contributed by atoms with Crippen LogP contribution < -0.4 is 9.60 Å². The third-order valence-electron chi connectivity index (χ3n) is 2.34. The molecule has 2 aromatic rings. The fraction of sp³-hybridized carbons (Fsp3) is 0.333. The largest absolute Gasteiger partial charge is 0.315 e. The number of nitrogens with zero attached hydrogens (tertiary/aromatic N) is 3. The van der Waals surface area contributed by atoms with Crippen molar-refractivity contribution in [1.29, 1.82) is 0 Å². The SMILES string of the molecule is Cc1nnc(NS(=O)(=O)c2sc(=O)[nH]c2C)nc1C. The number of nitrogens with one attached hydrogen (secondary N) is 2. The molecular formula is C9H11N5O3S2. The zero-order valence-electron chi connectivity index (χ0n) is 10.4. The van der Waals surface area contributed by atoms with Gasteiger partial charge in [-0.05, 0) is 20.8 Å². The fourth-order valence-electron chi connectivity index (χ4n) is 1.31. The van der Waals surface area contributed by atoms with Gasteiger partial charge in [0, 0.05) is 5.69 Å². The highest BCUT2D eigenvalue weighted by atomic mass is 32.2. The fourth-order valence-corrected chi connectivity index (χ4v) is 3.55. The van der Waals surface area contributed by atoms with Crippen molar-refractivity contribution >= 4 is 27.3 Å². The van der Waals surface area contributed by atoms with E-state index in [1.807, 2.05) is 0 Å². The topological polar surface area (TPSA) is 118 Å². The molecule has 0 bridgehead atoms. The molecule has 8 nitrogen and oxygen atoms in total. The second-order valence-electron chi connectivity index (χ2n) is 3.84. The molecule has 10 heteroatoms. The molecule has 0 radical (unpaired) electrons. The smallest absolute Gasteiger partial charge is 0.306 e. The predicted octanol–water partition coefficient (Wildman–Crippen LogP) is 0.347. The number of hydrogen-bond donors (Lipinski definition) is 2. The van der Waals surface area contributed by atoms with Crippen LogP contribution in [0.25, 0.3) is 0 Å². The summed E-state index contributed by atoms with van der Waals surface area (Å²) in [6, 6.07) is 0. The Bertz CT molecular complexity index is 777. The van der Waals surface area contributed by atoms with E-state index in [2.05, 4.69) is 24.9 Å². The Morgan fingerprint density at radius 3 is 2.37 bits per heavy atom. The molecule has 0 aliphatic heterocycles. The Labute approximate surface area is 113 Å². The summed E-state index contributed by atoms with van der Waals surface area (Å²) in [5.41, 5.74) is 1.47. The van der Waals surface area contributed by atoms with Crippen molar-refractivity contribution in [2.75, 3.05) is 4.72 Å². The van der Waals surface area contributed by atoms with Gasteiger partial charge in [0.15, 0.2) is 4.21 Å². The first-order valence-corrected chi connectivity index (χ1v) is 7.50. The van der Waals surface area contributed by atoms with Crippen LogP contribution in [-0.4, -0.2) is 28.6 Å².